The number of carbonyl (C=O) groups is 2. The Kier molecular flexibility index (Phi) is 7.69. The largest absolute Gasteiger partial charge is 0.480 e. The molecule has 1 aromatic heterocycles. The maximum Gasteiger partial charge on any atom is 0.326 e. The van der Waals surface area contributed by atoms with Crippen molar-refractivity contribution in [3.05, 3.63) is 119 Å². The lowest BCUT2D eigenvalue weighted by Crippen LogP contribution is -2.42. The lowest BCUT2D eigenvalue weighted by atomic mass is 10.0. The number of nitrogens with zero attached hydrogens (tertiary/aromatic N) is 2. The SMILES string of the molecule is Cc1ccc(-c2nc(-c3ccc(CC(NC(=O)c4cccc(-c5ccc(C)c(F)c5)c4)C(=O)O)cc3F)no2)cc1. The zero-order valence-electron chi connectivity index (χ0n) is 22.2. The highest BCUT2D eigenvalue weighted by molar-refractivity contribution is 5.97. The Bertz CT molecular complexity index is 1750. The molecule has 0 aliphatic carbocycles. The number of carboxylic acid groups (broad SMARTS) is 1. The summed E-state index contributed by atoms with van der Waals surface area (Å²) in [4.78, 5) is 29.2. The summed E-state index contributed by atoms with van der Waals surface area (Å²) in [6.07, 6.45) is -0.165. The maximum absolute atomic E-state index is 15.1. The molecule has 9 heteroatoms. The highest BCUT2D eigenvalue weighted by Crippen LogP contribution is 2.26. The third-order valence-electron chi connectivity index (χ3n) is 6.67. The van der Waals surface area contributed by atoms with Crippen molar-refractivity contribution >= 4 is 11.9 Å². The molecule has 0 radical (unpaired) electrons. The minimum absolute atomic E-state index is 0.0565. The van der Waals surface area contributed by atoms with Gasteiger partial charge in [0, 0.05) is 17.5 Å². The van der Waals surface area contributed by atoms with Gasteiger partial charge in [0.2, 0.25) is 5.82 Å². The molecule has 5 rings (SSSR count). The molecule has 0 aliphatic heterocycles. The van der Waals surface area contributed by atoms with Crippen LogP contribution in [0.3, 0.4) is 0 Å². The number of aromatic nitrogens is 2. The molecule has 5 aromatic rings. The Labute approximate surface area is 234 Å². The summed E-state index contributed by atoms with van der Waals surface area (Å²) in [6, 6.07) is 21.5. The van der Waals surface area contributed by atoms with Crippen LogP contribution in [0.25, 0.3) is 34.0 Å². The monoisotopic (exact) mass is 553 g/mol. The fourth-order valence-corrected chi connectivity index (χ4v) is 4.30. The molecule has 206 valence electrons. The third-order valence-corrected chi connectivity index (χ3v) is 6.67. The molecule has 41 heavy (non-hydrogen) atoms. The number of aryl methyl sites for hydroxylation is 2. The molecule has 7 nitrogen and oxygen atoms in total. The fraction of sp³-hybridized carbons (Fsp3) is 0.125. The number of rotatable bonds is 8. The van der Waals surface area contributed by atoms with Crippen LogP contribution in [0.4, 0.5) is 8.78 Å². The molecule has 1 atom stereocenters. The predicted octanol–water partition coefficient (Wildman–Crippen LogP) is 6.39. The Morgan fingerprint density at radius 1 is 0.878 bits per heavy atom. The van der Waals surface area contributed by atoms with Crippen LogP contribution in [0.2, 0.25) is 0 Å². The van der Waals surface area contributed by atoms with E-state index < -0.39 is 23.7 Å². The lowest BCUT2D eigenvalue weighted by Gasteiger charge is -2.15. The van der Waals surface area contributed by atoms with Crippen LogP contribution in [0.5, 0.6) is 0 Å². The zero-order valence-corrected chi connectivity index (χ0v) is 22.2. The first-order valence-corrected chi connectivity index (χ1v) is 12.8. The van der Waals surface area contributed by atoms with Crippen molar-refractivity contribution in [3.63, 3.8) is 0 Å². The Morgan fingerprint density at radius 3 is 2.32 bits per heavy atom. The number of aliphatic carboxylic acids is 1. The zero-order chi connectivity index (χ0) is 29.1. The van der Waals surface area contributed by atoms with Gasteiger partial charge < -0.3 is 14.9 Å². The molecular formula is C32H25F2N3O4. The summed E-state index contributed by atoms with van der Waals surface area (Å²) in [7, 11) is 0. The van der Waals surface area contributed by atoms with Crippen molar-refractivity contribution < 1.29 is 28.0 Å². The van der Waals surface area contributed by atoms with Crippen molar-refractivity contribution in [1.29, 1.82) is 0 Å². The van der Waals surface area contributed by atoms with Crippen LogP contribution in [0, 0.1) is 25.5 Å². The first-order valence-electron chi connectivity index (χ1n) is 12.8. The second-order valence-electron chi connectivity index (χ2n) is 9.72. The first-order chi connectivity index (χ1) is 19.7. The van der Waals surface area contributed by atoms with Crippen LogP contribution in [0.1, 0.15) is 27.0 Å². The van der Waals surface area contributed by atoms with Gasteiger partial charge in [-0.2, -0.15) is 4.98 Å². The minimum atomic E-state index is -1.33. The average molecular weight is 554 g/mol. The van der Waals surface area contributed by atoms with Crippen LogP contribution in [-0.2, 0) is 11.2 Å². The van der Waals surface area contributed by atoms with E-state index in [0.717, 1.165) is 5.56 Å². The quantitative estimate of drug-likeness (QED) is 0.231. The number of hydrogen-bond donors (Lipinski definition) is 2. The van der Waals surface area contributed by atoms with Gasteiger partial charge in [-0.15, -0.1) is 0 Å². The molecule has 0 saturated heterocycles. The van der Waals surface area contributed by atoms with Gasteiger partial charge in [-0.05, 0) is 78.6 Å². The molecule has 0 saturated carbocycles. The molecule has 0 aliphatic rings. The third kappa shape index (κ3) is 6.19. The minimum Gasteiger partial charge on any atom is -0.480 e. The van der Waals surface area contributed by atoms with Gasteiger partial charge in [0.05, 0.1) is 5.56 Å². The number of carbonyl (C=O) groups excluding carboxylic acids is 1. The van der Waals surface area contributed by atoms with Gasteiger partial charge in [-0.25, -0.2) is 13.6 Å². The van der Waals surface area contributed by atoms with Gasteiger partial charge in [-0.3, -0.25) is 4.79 Å². The number of nitrogens with one attached hydrogen (secondary N) is 1. The predicted molar refractivity (Wildman–Crippen MR) is 149 cm³/mol. The first kappa shape index (κ1) is 27.4. The molecule has 1 heterocycles. The molecule has 1 amide bonds. The van der Waals surface area contributed by atoms with Crippen molar-refractivity contribution in [2.24, 2.45) is 0 Å². The van der Waals surface area contributed by atoms with E-state index in [1.807, 2.05) is 31.2 Å². The Morgan fingerprint density at radius 2 is 1.61 bits per heavy atom. The maximum atomic E-state index is 15.1. The van der Waals surface area contributed by atoms with E-state index in [2.05, 4.69) is 15.5 Å². The van der Waals surface area contributed by atoms with E-state index in [0.29, 0.717) is 27.8 Å². The normalized spacial score (nSPS) is 11.7. The van der Waals surface area contributed by atoms with Crippen molar-refractivity contribution in [1.82, 2.24) is 15.5 Å². The van der Waals surface area contributed by atoms with E-state index in [9.17, 15) is 19.1 Å². The Balaban J connectivity index is 1.30. The van der Waals surface area contributed by atoms with Gasteiger partial charge in [0.1, 0.15) is 17.7 Å². The molecule has 0 bridgehead atoms. The standard InChI is InChI=1S/C32H25F2N3O4/c1-18-6-10-21(11-7-18)31-36-29(37-41-31)25-13-9-20(14-27(25)34)15-28(32(39)40)35-30(38)24-5-3-4-22(16-24)23-12-8-19(2)26(33)17-23/h3-14,16-17,28H,15H2,1-2H3,(H,35,38)(H,39,40). The van der Waals surface area contributed by atoms with E-state index in [1.165, 1.54) is 24.3 Å². The molecule has 0 fully saturated rings. The number of halogens is 2. The topological polar surface area (TPSA) is 105 Å². The van der Waals surface area contributed by atoms with Crippen LogP contribution < -0.4 is 5.32 Å². The highest BCUT2D eigenvalue weighted by atomic mass is 19.1. The molecule has 0 spiro atoms. The van der Waals surface area contributed by atoms with Crippen molar-refractivity contribution in [2.75, 3.05) is 0 Å². The second kappa shape index (κ2) is 11.5. The summed E-state index contributed by atoms with van der Waals surface area (Å²) in [6.45, 7) is 3.61. The summed E-state index contributed by atoms with van der Waals surface area (Å²) in [5.41, 5.74) is 4.11. The lowest BCUT2D eigenvalue weighted by molar-refractivity contribution is -0.139. The molecule has 1 unspecified atom stereocenters. The van der Waals surface area contributed by atoms with Crippen molar-refractivity contribution in [3.8, 4) is 34.0 Å². The number of hydrogen-bond acceptors (Lipinski definition) is 5. The van der Waals surface area contributed by atoms with Gasteiger partial charge >= 0.3 is 5.97 Å². The van der Waals surface area contributed by atoms with E-state index in [1.54, 1.807) is 43.3 Å². The fourth-order valence-electron chi connectivity index (χ4n) is 4.30. The highest BCUT2D eigenvalue weighted by Gasteiger charge is 2.23. The summed E-state index contributed by atoms with van der Waals surface area (Å²) < 4.78 is 34.4. The number of benzene rings is 4. The summed E-state index contributed by atoms with van der Waals surface area (Å²) >= 11 is 0. The van der Waals surface area contributed by atoms with Crippen molar-refractivity contribution in [2.45, 2.75) is 26.3 Å². The second-order valence-corrected chi connectivity index (χ2v) is 9.72. The van der Waals surface area contributed by atoms with Crippen LogP contribution in [-0.4, -0.2) is 33.2 Å². The molecule has 4 aromatic carbocycles. The van der Waals surface area contributed by atoms with E-state index in [-0.39, 0.29) is 35.1 Å². The average Bonchev–Trinajstić information content (AvgIpc) is 3.44. The summed E-state index contributed by atoms with van der Waals surface area (Å²) in [5.74, 6) is -2.63. The van der Waals surface area contributed by atoms with Crippen LogP contribution >= 0.6 is 0 Å². The smallest absolute Gasteiger partial charge is 0.326 e. The Hall–Kier alpha value is -5.18. The molecular weight excluding hydrogens is 528 g/mol. The van der Waals surface area contributed by atoms with Gasteiger partial charge in [0.25, 0.3) is 11.8 Å². The number of carboxylic acids is 1. The van der Waals surface area contributed by atoms with E-state index >= 15 is 4.39 Å². The number of amides is 1. The van der Waals surface area contributed by atoms with Gasteiger partial charge in [0.15, 0.2) is 0 Å². The summed E-state index contributed by atoms with van der Waals surface area (Å²) in [5, 5.41) is 16.1. The van der Waals surface area contributed by atoms with Crippen LogP contribution in [0.15, 0.2) is 89.5 Å². The van der Waals surface area contributed by atoms with E-state index in [4.69, 9.17) is 4.52 Å². The van der Waals surface area contributed by atoms with Gasteiger partial charge in [-0.1, -0.05) is 53.2 Å². The molecule has 2 N–H and O–H groups in total.